The molecule has 1 aromatic heterocycles. The van der Waals surface area contributed by atoms with E-state index in [0.29, 0.717) is 35.0 Å². The summed E-state index contributed by atoms with van der Waals surface area (Å²) in [7, 11) is 1.60. The van der Waals surface area contributed by atoms with Crippen LogP contribution in [0.25, 0.3) is 16.9 Å². The first kappa shape index (κ1) is 23.6. The van der Waals surface area contributed by atoms with Gasteiger partial charge in [0, 0.05) is 24.0 Å². The predicted molar refractivity (Wildman–Crippen MR) is 134 cm³/mol. The predicted octanol–water partition coefficient (Wildman–Crippen LogP) is 4.32. The molecule has 0 radical (unpaired) electrons. The van der Waals surface area contributed by atoms with Gasteiger partial charge in [-0.3, -0.25) is 9.59 Å². The number of amides is 2. The maximum atomic E-state index is 13.3. The molecule has 0 spiro atoms. The van der Waals surface area contributed by atoms with Gasteiger partial charge in [-0.2, -0.15) is 5.10 Å². The van der Waals surface area contributed by atoms with Crippen LogP contribution in [0.1, 0.15) is 17.3 Å². The number of anilines is 1. The zero-order valence-corrected chi connectivity index (χ0v) is 19.5. The number of carbonyl (C=O) groups is 2. The van der Waals surface area contributed by atoms with Crippen LogP contribution in [0.15, 0.2) is 85.1 Å². The molecule has 8 heteroatoms. The Bertz CT molecular complexity index is 1300. The zero-order valence-electron chi connectivity index (χ0n) is 19.5. The largest absolute Gasteiger partial charge is 0.497 e. The van der Waals surface area contributed by atoms with Crippen molar-refractivity contribution in [2.75, 3.05) is 25.6 Å². The van der Waals surface area contributed by atoms with Gasteiger partial charge in [-0.15, -0.1) is 0 Å². The first-order chi connectivity index (χ1) is 17.1. The molecule has 3 aromatic carbocycles. The van der Waals surface area contributed by atoms with Crippen LogP contribution < -0.4 is 20.1 Å². The van der Waals surface area contributed by atoms with Crippen molar-refractivity contribution in [3.63, 3.8) is 0 Å². The van der Waals surface area contributed by atoms with Crippen molar-refractivity contribution in [1.29, 1.82) is 0 Å². The van der Waals surface area contributed by atoms with E-state index in [1.165, 1.54) is 0 Å². The number of carbonyl (C=O) groups excluding carboxylic acids is 2. The number of likely N-dealkylation sites (N-methyl/N-ethyl adjacent to an activating group) is 1. The second-order valence-electron chi connectivity index (χ2n) is 7.62. The molecule has 178 valence electrons. The van der Waals surface area contributed by atoms with Gasteiger partial charge in [-0.1, -0.05) is 30.3 Å². The summed E-state index contributed by atoms with van der Waals surface area (Å²) in [6, 6.07) is 23.9. The molecule has 0 atom stereocenters. The van der Waals surface area contributed by atoms with Crippen molar-refractivity contribution >= 4 is 17.5 Å². The molecule has 8 nitrogen and oxygen atoms in total. The topological polar surface area (TPSA) is 94.5 Å². The van der Waals surface area contributed by atoms with E-state index in [-0.39, 0.29) is 18.4 Å². The number of rotatable bonds is 9. The van der Waals surface area contributed by atoms with Crippen LogP contribution in [-0.4, -0.2) is 41.9 Å². The SMILES string of the molecule is CCNC(=O)COc1ccc(NC(=O)c2cn(-c3ccccc3)nc2-c2cccc(OC)c2)cc1. The highest BCUT2D eigenvalue weighted by Crippen LogP contribution is 2.28. The number of methoxy groups -OCH3 is 1. The van der Waals surface area contributed by atoms with E-state index >= 15 is 0 Å². The molecule has 0 aliphatic rings. The van der Waals surface area contributed by atoms with Gasteiger partial charge >= 0.3 is 0 Å². The van der Waals surface area contributed by atoms with Crippen LogP contribution in [-0.2, 0) is 4.79 Å². The van der Waals surface area contributed by atoms with Crippen LogP contribution in [0.3, 0.4) is 0 Å². The molecule has 0 bridgehead atoms. The molecule has 35 heavy (non-hydrogen) atoms. The zero-order chi connectivity index (χ0) is 24.6. The Balaban J connectivity index is 1.57. The van der Waals surface area contributed by atoms with Crippen LogP contribution in [0.4, 0.5) is 5.69 Å². The maximum Gasteiger partial charge on any atom is 0.259 e. The minimum absolute atomic E-state index is 0.0673. The van der Waals surface area contributed by atoms with Gasteiger partial charge in [0.2, 0.25) is 0 Å². The fraction of sp³-hybridized carbons (Fsp3) is 0.148. The molecular formula is C27H26N4O4. The summed E-state index contributed by atoms with van der Waals surface area (Å²) in [5.41, 5.74) is 3.14. The van der Waals surface area contributed by atoms with E-state index in [2.05, 4.69) is 10.6 Å². The summed E-state index contributed by atoms with van der Waals surface area (Å²) in [5, 5.41) is 10.3. The third kappa shape index (κ3) is 5.86. The maximum absolute atomic E-state index is 13.3. The summed E-state index contributed by atoms with van der Waals surface area (Å²) < 4.78 is 12.5. The number of aromatic nitrogens is 2. The molecule has 0 aliphatic carbocycles. The van der Waals surface area contributed by atoms with E-state index < -0.39 is 0 Å². The van der Waals surface area contributed by atoms with Crippen molar-refractivity contribution in [1.82, 2.24) is 15.1 Å². The lowest BCUT2D eigenvalue weighted by atomic mass is 10.1. The van der Waals surface area contributed by atoms with Gasteiger partial charge in [0.25, 0.3) is 11.8 Å². The van der Waals surface area contributed by atoms with E-state index in [1.54, 1.807) is 42.3 Å². The van der Waals surface area contributed by atoms with Crippen LogP contribution in [0, 0.1) is 0 Å². The van der Waals surface area contributed by atoms with Crippen molar-refractivity contribution < 1.29 is 19.1 Å². The molecule has 4 rings (SSSR count). The molecule has 4 aromatic rings. The monoisotopic (exact) mass is 470 g/mol. The Hall–Kier alpha value is -4.59. The van der Waals surface area contributed by atoms with Crippen LogP contribution in [0.5, 0.6) is 11.5 Å². The minimum Gasteiger partial charge on any atom is -0.497 e. The van der Waals surface area contributed by atoms with Crippen molar-refractivity contribution in [3.8, 4) is 28.4 Å². The van der Waals surface area contributed by atoms with E-state index in [0.717, 1.165) is 11.3 Å². The molecule has 0 saturated carbocycles. The molecular weight excluding hydrogens is 444 g/mol. The molecule has 1 heterocycles. The van der Waals surface area contributed by atoms with E-state index in [1.807, 2.05) is 61.5 Å². The van der Waals surface area contributed by atoms with Gasteiger partial charge in [0.15, 0.2) is 6.61 Å². The van der Waals surface area contributed by atoms with E-state index in [4.69, 9.17) is 14.6 Å². The third-order valence-corrected chi connectivity index (χ3v) is 5.18. The molecule has 0 unspecified atom stereocenters. The Labute approximate surface area is 203 Å². The van der Waals surface area contributed by atoms with Gasteiger partial charge in [0.1, 0.15) is 17.2 Å². The van der Waals surface area contributed by atoms with Crippen LogP contribution in [0.2, 0.25) is 0 Å². The number of hydrogen-bond donors (Lipinski definition) is 2. The molecule has 0 fully saturated rings. The standard InChI is InChI=1S/C27H26N4O4/c1-3-28-25(32)18-35-22-14-12-20(13-15-22)29-27(33)24-17-31(21-9-5-4-6-10-21)30-26(24)19-8-7-11-23(16-19)34-2/h4-17H,3,18H2,1-2H3,(H,28,32)(H,29,33). The fourth-order valence-corrected chi connectivity index (χ4v) is 3.47. The van der Waals surface area contributed by atoms with Crippen molar-refractivity contribution in [3.05, 3.63) is 90.6 Å². The lowest BCUT2D eigenvalue weighted by Gasteiger charge is -2.09. The number of nitrogens with zero attached hydrogens (tertiary/aromatic N) is 2. The summed E-state index contributed by atoms with van der Waals surface area (Å²) in [6.07, 6.45) is 1.71. The smallest absolute Gasteiger partial charge is 0.259 e. The highest BCUT2D eigenvalue weighted by Gasteiger charge is 2.19. The van der Waals surface area contributed by atoms with Gasteiger partial charge < -0.3 is 20.1 Å². The number of hydrogen-bond acceptors (Lipinski definition) is 5. The Morgan fingerprint density at radius 2 is 1.71 bits per heavy atom. The minimum atomic E-state index is -0.305. The number of ether oxygens (including phenoxy) is 2. The van der Waals surface area contributed by atoms with Gasteiger partial charge in [-0.05, 0) is 55.5 Å². The highest BCUT2D eigenvalue weighted by molar-refractivity contribution is 6.08. The Kier molecular flexibility index (Phi) is 7.42. The van der Waals surface area contributed by atoms with E-state index in [9.17, 15) is 9.59 Å². The second-order valence-corrected chi connectivity index (χ2v) is 7.62. The van der Waals surface area contributed by atoms with Crippen molar-refractivity contribution in [2.24, 2.45) is 0 Å². The lowest BCUT2D eigenvalue weighted by Crippen LogP contribution is -2.28. The quantitative estimate of drug-likeness (QED) is 0.380. The van der Waals surface area contributed by atoms with Crippen LogP contribution >= 0.6 is 0 Å². The lowest BCUT2D eigenvalue weighted by molar-refractivity contribution is -0.122. The third-order valence-electron chi connectivity index (χ3n) is 5.18. The number of nitrogens with one attached hydrogen (secondary N) is 2. The molecule has 0 aliphatic heterocycles. The average Bonchev–Trinajstić information content (AvgIpc) is 3.35. The van der Waals surface area contributed by atoms with Crippen molar-refractivity contribution in [2.45, 2.75) is 6.92 Å². The first-order valence-electron chi connectivity index (χ1n) is 11.2. The summed E-state index contributed by atoms with van der Waals surface area (Å²) in [4.78, 5) is 24.9. The Morgan fingerprint density at radius 3 is 2.43 bits per heavy atom. The molecule has 0 saturated heterocycles. The molecule has 2 amide bonds. The first-order valence-corrected chi connectivity index (χ1v) is 11.2. The number of benzene rings is 3. The summed E-state index contributed by atoms with van der Waals surface area (Å²) >= 11 is 0. The Morgan fingerprint density at radius 1 is 0.943 bits per heavy atom. The normalized spacial score (nSPS) is 10.5. The van der Waals surface area contributed by atoms with Gasteiger partial charge in [0.05, 0.1) is 18.4 Å². The second kappa shape index (κ2) is 11.0. The average molecular weight is 471 g/mol. The fourth-order valence-electron chi connectivity index (χ4n) is 3.47. The highest BCUT2D eigenvalue weighted by atomic mass is 16.5. The van der Waals surface area contributed by atoms with Gasteiger partial charge in [-0.25, -0.2) is 4.68 Å². The summed E-state index contributed by atoms with van der Waals surface area (Å²) in [6.45, 7) is 2.33. The number of para-hydroxylation sites is 1. The summed E-state index contributed by atoms with van der Waals surface area (Å²) in [5.74, 6) is 0.709. The molecule has 2 N–H and O–H groups in total.